The van der Waals surface area contributed by atoms with Crippen LogP contribution in [0.15, 0.2) is 0 Å². The van der Waals surface area contributed by atoms with E-state index in [4.69, 9.17) is 11.1 Å². The van der Waals surface area contributed by atoms with Gasteiger partial charge in [0.1, 0.15) is 0 Å². The van der Waals surface area contributed by atoms with Crippen LogP contribution in [0.1, 0.15) is 38.5 Å². The highest BCUT2D eigenvalue weighted by Crippen LogP contribution is 2.35. The lowest BCUT2D eigenvalue weighted by atomic mass is 9.75. The van der Waals surface area contributed by atoms with E-state index in [0.717, 1.165) is 24.8 Å². The van der Waals surface area contributed by atoms with E-state index in [2.05, 4.69) is 4.90 Å². The monoisotopic (exact) mass is 209 g/mol. The summed E-state index contributed by atoms with van der Waals surface area (Å²) in [5.41, 5.74) is 5.40. The van der Waals surface area contributed by atoms with Crippen LogP contribution in [0, 0.1) is 17.2 Å². The predicted molar refractivity (Wildman–Crippen MR) is 63.0 cm³/mol. The summed E-state index contributed by atoms with van der Waals surface area (Å²) < 4.78 is 0. The molecule has 2 aliphatic rings. The van der Waals surface area contributed by atoms with Gasteiger partial charge in [0.15, 0.2) is 0 Å². The number of fused-ring (bicyclic) bond motifs is 1. The van der Waals surface area contributed by atoms with E-state index in [-0.39, 0.29) is 0 Å². The molecule has 2 rings (SSSR count). The molecule has 1 aliphatic carbocycles. The summed E-state index contributed by atoms with van der Waals surface area (Å²) >= 11 is 0. The van der Waals surface area contributed by atoms with Gasteiger partial charge in [0.25, 0.3) is 0 Å². The van der Waals surface area contributed by atoms with Crippen molar-refractivity contribution in [3.8, 4) is 0 Å². The van der Waals surface area contributed by atoms with Crippen LogP contribution in [0.2, 0.25) is 0 Å². The van der Waals surface area contributed by atoms with Crippen LogP contribution in [0.5, 0.6) is 0 Å². The van der Waals surface area contributed by atoms with Gasteiger partial charge in [0.2, 0.25) is 0 Å². The number of hydrogen-bond donors (Lipinski definition) is 2. The predicted octanol–water partition coefficient (Wildman–Crippen LogP) is 1.82. The van der Waals surface area contributed by atoms with Crippen LogP contribution < -0.4 is 5.73 Å². The Kier molecular flexibility index (Phi) is 3.62. The molecule has 0 radical (unpaired) electrons. The maximum Gasteiger partial charge on any atom is 0.0918 e. The van der Waals surface area contributed by atoms with Gasteiger partial charge in [-0.1, -0.05) is 19.3 Å². The van der Waals surface area contributed by atoms with E-state index in [0.29, 0.717) is 5.84 Å². The standard InChI is InChI=1S/C12H23N3/c13-12(14)6-8-15-7-5-10-3-1-2-4-11(10)9-15/h10-11H,1-9H2,(H3,13,14). The lowest BCUT2D eigenvalue weighted by Crippen LogP contribution is -2.42. The third kappa shape index (κ3) is 2.94. The van der Waals surface area contributed by atoms with Crippen molar-refractivity contribution in [1.82, 2.24) is 4.90 Å². The smallest absolute Gasteiger partial charge is 0.0918 e. The Morgan fingerprint density at radius 3 is 2.67 bits per heavy atom. The molecule has 0 aromatic carbocycles. The molecule has 86 valence electrons. The van der Waals surface area contributed by atoms with Crippen molar-refractivity contribution in [2.75, 3.05) is 19.6 Å². The first-order valence-electron chi connectivity index (χ1n) is 6.31. The molecule has 0 spiro atoms. The van der Waals surface area contributed by atoms with Gasteiger partial charge in [0, 0.05) is 19.5 Å². The molecule has 1 aliphatic heterocycles. The molecule has 0 aromatic rings. The van der Waals surface area contributed by atoms with E-state index >= 15 is 0 Å². The van der Waals surface area contributed by atoms with Crippen molar-refractivity contribution >= 4 is 5.84 Å². The number of likely N-dealkylation sites (tertiary alicyclic amines) is 1. The summed E-state index contributed by atoms with van der Waals surface area (Å²) in [7, 11) is 0. The molecule has 0 bridgehead atoms. The van der Waals surface area contributed by atoms with Crippen LogP contribution in [0.25, 0.3) is 0 Å². The lowest BCUT2D eigenvalue weighted by molar-refractivity contribution is 0.0889. The molecular formula is C12H23N3. The molecule has 3 nitrogen and oxygen atoms in total. The van der Waals surface area contributed by atoms with Gasteiger partial charge in [-0.15, -0.1) is 0 Å². The maximum absolute atomic E-state index is 7.25. The van der Waals surface area contributed by atoms with E-state index in [1.165, 1.54) is 45.2 Å². The first kappa shape index (κ1) is 10.9. The topological polar surface area (TPSA) is 53.1 Å². The van der Waals surface area contributed by atoms with E-state index in [9.17, 15) is 0 Å². The minimum atomic E-state index is 0.334. The summed E-state index contributed by atoms with van der Waals surface area (Å²) in [4.78, 5) is 2.51. The van der Waals surface area contributed by atoms with E-state index in [1.807, 2.05) is 0 Å². The fraction of sp³-hybridized carbons (Fsp3) is 0.917. The number of nitrogens with one attached hydrogen (secondary N) is 1. The van der Waals surface area contributed by atoms with Crippen molar-refractivity contribution in [1.29, 1.82) is 5.41 Å². The largest absolute Gasteiger partial charge is 0.388 e. The summed E-state index contributed by atoms with van der Waals surface area (Å²) in [5.74, 6) is 2.28. The zero-order chi connectivity index (χ0) is 10.7. The third-order valence-electron chi connectivity index (χ3n) is 4.07. The second-order valence-corrected chi connectivity index (χ2v) is 5.17. The number of nitrogens with two attached hydrogens (primary N) is 1. The highest BCUT2D eigenvalue weighted by Gasteiger charge is 2.30. The highest BCUT2D eigenvalue weighted by molar-refractivity contribution is 5.76. The average molecular weight is 209 g/mol. The quantitative estimate of drug-likeness (QED) is 0.550. The summed E-state index contributed by atoms with van der Waals surface area (Å²) in [6.07, 6.45) is 7.91. The summed E-state index contributed by atoms with van der Waals surface area (Å²) in [5, 5.41) is 7.25. The number of rotatable bonds is 3. The minimum Gasteiger partial charge on any atom is -0.388 e. The minimum absolute atomic E-state index is 0.334. The molecule has 3 heteroatoms. The zero-order valence-corrected chi connectivity index (χ0v) is 9.54. The maximum atomic E-state index is 7.25. The van der Waals surface area contributed by atoms with Crippen molar-refractivity contribution in [3.63, 3.8) is 0 Å². The molecular weight excluding hydrogens is 186 g/mol. The van der Waals surface area contributed by atoms with Crippen LogP contribution in [-0.4, -0.2) is 30.4 Å². The zero-order valence-electron chi connectivity index (χ0n) is 9.54. The Balaban J connectivity index is 1.78. The number of piperidine rings is 1. The molecule has 0 aromatic heterocycles. The molecule has 0 amide bonds. The van der Waals surface area contributed by atoms with Gasteiger partial charge in [-0.2, -0.15) is 0 Å². The Morgan fingerprint density at radius 2 is 1.93 bits per heavy atom. The van der Waals surface area contributed by atoms with Crippen LogP contribution in [-0.2, 0) is 0 Å². The average Bonchev–Trinajstić information content (AvgIpc) is 2.26. The third-order valence-corrected chi connectivity index (χ3v) is 4.07. The molecule has 2 unspecified atom stereocenters. The first-order chi connectivity index (χ1) is 7.25. The second-order valence-electron chi connectivity index (χ2n) is 5.17. The fourth-order valence-electron chi connectivity index (χ4n) is 3.16. The molecule has 15 heavy (non-hydrogen) atoms. The van der Waals surface area contributed by atoms with Crippen LogP contribution in [0.4, 0.5) is 0 Å². The van der Waals surface area contributed by atoms with Gasteiger partial charge < -0.3 is 10.6 Å². The molecule has 1 saturated heterocycles. The van der Waals surface area contributed by atoms with Gasteiger partial charge in [0.05, 0.1) is 5.84 Å². The van der Waals surface area contributed by atoms with Crippen molar-refractivity contribution < 1.29 is 0 Å². The molecule has 2 fully saturated rings. The van der Waals surface area contributed by atoms with Crippen molar-refractivity contribution in [2.45, 2.75) is 38.5 Å². The molecule has 3 N–H and O–H groups in total. The van der Waals surface area contributed by atoms with E-state index in [1.54, 1.807) is 0 Å². The Labute approximate surface area is 92.5 Å². The van der Waals surface area contributed by atoms with Gasteiger partial charge in [-0.3, -0.25) is 5.41 Å². The first-order valence-corrected chi connectivity index (χ1v) is 6.31. The Morgan fingerprint density at radius 1 is 1.20 bits per heavy atom. The molecule has 1 heterocycles. The van der Waals surface area contributed by atoms with Crippen molar-refractivity contribution in [3.05, 3.63) is 0 Å². The Bertz CT molecular complexity index is 227. The summed E-state index contributed by atoms with van der Waals surface area (Å²) in [6.45, 7) is 3.49. The summed E-state index contributed by atoms with van der Waals surface area (Å²) in [6, 6.07) is 0. The number of amidine groups is 1. The van der Waals surface area contributed by atoms with Crippen LogP contribution in [0.3, 0.4) is 0 Å². The SMILES string of the molecule is N=C(N)CCN1CCC2CCCCC2C1. The molecule has 2 atom stereocenters. The number of hydrogen-bond acceptors (Lipinski definition) is 2. The van der Waals surface area contributed by atoms with Gasteiger partial charge >= 0.3 is 0 Å². The molecule has 1 saturated carbocycles. The fourth-order valence-corrected chi connectivity index (χ4v) is 3.16. The highest BCUT2D eigenvalue weighted by atomic mass is 15.1. The lowest BCUT2D eigenvalue weighted by Gasteiger charge is -2.41. The van der Waals surface area contributed by atoms with E-state index < -0.39 is 0 Å². The van der Waals surface area contributed by atoms with Crippen molar-refractivity contribution in [2.24, 2.45) is 17.6 Å². The Hall–Kier alpha value is -0.570. The second kappa shape index (κ2) is 4.97. The van der Waals surface area contributed by atoms with Gasteiger partial charge in [-0.25, -0.2) is 0 Å². The normalized spacial score (nSPS) is 32.3. The van der Waals surface area contributed by atoms with Gasteiger partial charge in [-0.05, 0) is 31.2 Å². The number of nitrogens with zero attached hydrogens (tertiary/aromatic N) is 1. The van der Waals surface area contributed by atoms with Crippen LogP contribution >= 0.6 is 0 Å².